The maximum absolute atomic E-state index is 12.1. The molecule has 0 saturated carbocycles. The summed E-state index contributed by atoms with van der Waals surface area (Å²) in [7, 11) is -5.69. The molecule has 0 radical (unpaired) electrons. The molecule has 0 spiro atoms. The van der Waals surface area contributed by atoms with Gasteiger partial charge >= 0.3 is 0 Å². The molecular weight excluding hydrogens is 326 g/mol. The zero-order valence-corrected chi connectivity index (χ0v) is 13.6. The number of sulfone groups is 1. The van der Waals surface area contributed by atoms with Crippen molar-refractivity contribution in [1.29, 1.82) is 0 Å². The standard InChI is InChI=1S/C11H16ClNO5S2/c1-8(7-19(3,14)15)13-20(16,17)9-4-5-11(18-2)10(12)6-9/h4-6,8,13H,7H2,1-3H3. The topological polar surface area (TPSA) is 89.5 Å². The van der Waals surface area contributed by atoms with E-state index in [1.54, 1.807) is 0 Å². The van der Waals surface area contributed by atoms with Gasteiger partial charge in [-0.2, -0.15) is 0 Å². The maximum atomic E-state index is 12.1. The molecule has 0 heterocycles. The molecule has 1 aromatic rings. The number of sulfonamides is 1. The highest BCUT2D eigenvalue weighted by Gasteiger charge is 2.21. The minimum absolute atomic E-state index is 0.0522. The summed E-state index contributed by atoms with van der Waals surface area (Å²) in [6.45, 7) is 1.48. The Bertz CT molecular complexity index is 685. The lowest BCUT2D eigenvalue weighted by atomic mass is 10.3. The third-order valence-corrected chi connectivity index (χ3v) is 5.33. The normalized spacial score (nSPS) is 14.0. The first-order chi connectivity index (χ1) is 9.05. The number of halogens is 1. The molecule has 0 aliphatic rings. The van der Waals surface area contributed by atoms with Crippen molar-refractivity contribution in [2.45, 2.75) is 17.9 Å². The third kappa shape index (κ3) is 4.93. The molecule has 1 rings (SSSR count). The van der Waals surface area contributed by atoms with Crippen LogP contribution in [0.1, 0.15) is 6.92 Å². The van der Waals surface area contributed by atoms with Crippen LogP contribution in [0.25, 0.3) is 0 Å². The predicted octanol–water partition coefficient (Wildman–Crippen LogP) is 1.06. The van der Waals surface area contributed by atoms with E-state index in [1.807, 2.05) is 0 Å². The average Bonchev–Trinajstić information content (AvgIpc) is 2.25. The molecule has 0 amide bonds. The van der Waals surface area contributed by atoms with Crippen molar-refractivity contribution in [3.8, 4) is 5.75 Å². The zero-order valence-electron chi connectivity index (χ0n) is 11.3. The Hall–Kier alpha value is -0.830. The molecule has 0 aromatic heterocycles. The van der Waals surface area contributed by atoms with Crippen molar-refractivity contribution in [3.05, 3.63) is 23.2 Å². The fourth-order valence-electron chi connectivity index (χ4n) is 1.64. The van der Waals surface area contributed by atoms with Gasteiger partial charge in [-0.15, -0.1) is 0 Å². The zero-order chi connectivity index (χ0) is 15.6. The predicted molar refractivity (Wildman–Crippen MR) is 77.5 cm³/mol. The van der Waals surface area contributed by atoms with Crippen molar-refractivity contribution in [2.24, 2.45) is 0 Å². The summed E-state index contributed by atoms with van der Waals surface area (Å²) in [6.07, 6.45) is 1.04. The number of benzene rings is 1. The van der Waals surface area contributed by atoms with Gasteiger partial charge in [0, 0.05) is 12.3 Å². The van der Waals surface area contributed by atoms with Crippen molar-refractivity contribution in [3.63, 3.8) is 0 Å². The monoisotopic (exact) mass is 341 g/mol. The number of hydrogen-bond donors (Lipinski definition) is 1. The number of hydrogen-bond acceptors (Lipinski definition) is 5. The molecule has 0 fully saturated rings. The van der Waals surface area contributed by atoms with Gasteiger partial charge in [0.05, 0.1) is 22.8 Å². The molecule has 114 valence electrons. The van der Waals surface area contributed by atoms with Crippen LogP contribution in [0.15, 0.2) is 23.1 Å². The van der Waals surface area contributed by atoms with Crippen LogP contribution in [0.4, 0.5) is 0 Å². The minimum Gasteiger partial charge on any atom is -0.495 e. The first kappa shape index (κ1) is 17.2. The molecule has 20 heavy (non-hydrogen) atoms. The smallest absolute Gasteiger partial charge is 0.240 e. The molecule has 6 nitrogen and oxygen atoms in total. The van der Waals surface area contributed by atoms with Gasteiger partial charge in [-0.25, -0.2) is 21.6 Å². The largest absolute Gasteiger partial charge is 0.495 e. The molecule has 0 saturated heterocycles. The fourth-order valence-corrected chi connectivity index (χ4v) is 4.32. The number of ether oxygens (including phenoxy) is 1. The van der Waals surface area contributed by atoms with E-state index >= 15 is 0 Å². The van der Waals surface area contributed by atoms with Crippen LogP contribution in [0.3, 0.4) is 0 Å². The Balaban J connectivity index is 2.97. The Morgan fingerprint density at radius 2 is 1.90 bits per heavy atom. The van der Waals surface area contributed by atoms with Crippen LogP contribution in [0, 0.1) is 0 Å². The summed E-state index contributed by atoms with van der Waals surface area (Å²) in [5.74, 6) is 0.0747. The van der Waals surface area contributed by atoms with Crippen LogP contribution in [0.2, 0.25) is 5.02 Å². The molecule has 0 aliphatic carbocycles. The summed E-state index contributed by atoms with van der Waals surface area (Å²) in [4.78, 5) is -0.0522. The van der Waals surface area contributed by atoms with Gasteiger partial charge in [-0.05, 0) is 25.1 Å². The Morgan fingerprint density at radius 1 is 1.30 bits per heavy atom. The Labute approximate surface area is 124 Å². The van der Waals surface area contributed by atoms with E-state index in [4.69, 9.17) is 16.3 Å². The van der Waals surface area contributed by atoms with Crippen molar-refractivity contribution >= 4 is 31.5 Å². The maximum Gasteiger partial charge on any atom is 0.240 e. The van der Waals surface area contributed by atoms with Crippen LogP contribution in [-0.4, -0.2) is 42.0 Å². The van der Waals surface area contributed by atoms with Crippen LogP contribution in [-0.2, 0) is 19.9 Å². The molecule has 1 unspecified atom stereocenters. The average molecular weight is 342 g/mol. The van der Waals surface area contributed by atoms with Crippen molar-refractivity contribution in [2.75, 3.05) is 19.1 Å². The van der Waals surface area contributed by atoms with Crippen LogP contribution < -0.4 is 9.46 Å². The Kier molecular flexibility index (Phi) is 5.42. The number of methoxy groups -OCH3 is 1. The second kappa shape index (κ2) is 6.30. The molecule has 1 N–H and O–H groups in total. The lowest BCUT2D eigenvalue weighted by Crippen LogP contribution is -2.37. The molecule has 9 heteroatoms. The van der Waals surface area contributed by atoms with Gasteiger partial charge in [0.1, 0.15) is 15.6 Å². The first-order valence-electron chi connectivity index (χ1n) is 5.59. The summed E-state index contributed by atoms with van der Waals surface area (Å²) < 4.78 is 53.6. The van der Waals surface area contributed by atoms with Crippen molar-refractivity contribution in [1.82, 2.24) is 4.72 Å². The molecule has 1 aromatic carbocycles. The molecule has 0 aliphatic heterocycles. The SMILES string of the molecule is COc1ccc(S(=O)(=O)NC(C)CS(C)(=O)=O)cc1Cl. The minimum atomic E-state index is -3.83. The van der Waals surface area contributed by atoms with Crippen molar-refractivity contribution < 1.29 is 21.6 Å². The van der Waals surface area contributed by atoms with Gasteiger partial charge in [-0.3, -0.25) is 0 Å². The van der Waals surface area contributed by atoms with E-state index in [1.165, 1.54) is 32.2 Å². The second-order valence-corrected chi connectivity index (χ2v) is 8.72. The van der Waals surface area contributed by atoms with Gasteiger partial charge in [0.15, 0.2) is 0 Å². The van der Waals surface area contributed by atoms with E-state index in [0.29, 0.717) is 5.75 Å². The van der Waals surface area contributed by atoms with Crippen LogP contribution in [0.5, 0.6) is 5.75 Å². The lowest BCUT2D eigenvalue weighted by Gasteiger charge is -2.14. The quantitative estimate of drug-likeness (QED) is 0.835. The number of nitrogens with one attached hydrogen (secondary N) is 1. The van der Waals surface area contributed by atoms with E-state index in [9.17, 15) is 16.8 Å². The highest BCUT2D eigenvalue weighted by atomic mass is 35.5. The highest BCUT2D eigenvalue weighted by molar-refractivity contribution is 7.91. The van der Waals surface area contributed by atoms with E-state index in [-0.39, 0.29) is 15.7 Å². The summed E-state index contributed by atoms with van der Waals surface area (Å²) in [5.41, 5.74) is 0. The summed E-state index contributed by atoms with van der Waals surface area (Å²) >= 11 is 5.87. The van der Waals surface area contributed by atoms with E-state index in [0.717, 1.165) is 6.26 Å². The molecule has 1 atom stereocenters. The van der Waals surface area contributed by atoms with E-state index in [2.05, 4.69) is 4.72 Å². The first-order valence-corrected chi connectivity index (χ1v) is 9.51. The highest BCUT2D eigenvalue weighted by Crippen LogP contribution is 2.26. The van der Waals surface area contributed by atoms with Gasteiger partial charge < -0.3 is 4.74 Å². The van der Waals surface area contributed by atoms with Gasteiger partial charge in [0.25, 0.3) is 0 Å². The van der Waals surface area contributed by atoms with Crippen LogP contribution >= 0.6 is 11.6 Å². The van der Waals surface area contributed by atoms with Gasteiger partial charge in [-0.1, -0.05) is 11.6 Å². The second-order valence-electron chi connectivity index (χ2n) is 4.41. The lowest BCUT2D eigenvalue weighted by molar-refractivity contribution is 0.414. The summed E-state index contributed by atoms with van der Waals surface area (Å²) in [5, 5.41) is 0.158. The molecular formula is C11H16ClNO5S2. The number of rotatable bonds is 6. The Morgan fingerprint density at radius 3 is 2.35 bits per heavy atom. The third-order valence-electron chi connectivity index (χ3n) is 2.34. The fraction of sp³-hybridized carbons (Fsp3) is 0.455. The summed E-state index contributed by atoms with van der Waals surface area (Å²) in [6, 6.07) is 3.27. The van der Waals surface area contributed by atoms with Gasteiger partial charge in [0.2, 0.25) is 10.0 Å². The molecule has 0 bridgehead atoms. The van der Waals surface area contributed by atoms with E-state index < -0.39 is 25.9 Å².